The first-order chi connectivity index (χ1) is 42.1. The lowest BCUT2D eigenvalue weighted by atomic mass is 9.80. The van der Waals surface area contributed by atoms with Crippen LogP contribution in [-0.2, 0) is 19.2 Å². The molecule has 0 spiro atoms. The van der Waals surface area contributed by atoms with E-state index in [-0.39, 0.29) is 17.8 Å². The molecule has 5 fully saturated rings. The molecule has 0 amide bonds. The molecular formula is C80H144O8. The third-order valence-electron chi connectivity index (χ3n) is 26.1. The molecule has 0 heterocycles. The molecule has 512 valence electrons. The third kappa shape index (κ3) is 31.2. The van der Waals surface area contributed by atoms with Gasteiger partial charge in [0.15, 0.2) is 0 Å². The molecule has 21 unspecified atom stereocenters. The molecule has 0 aromatic rings. The SMILES string of the molecule is CC(CCCC(C)C1CCC(CCCC(C)CC(=O)O)C1)CCC(CCCC(C)C1CCC(CCCC(C)CC(=O)O)C1)CCC(CCCC(C)C1CCC(C2CCC(CC(=O)O)C2)C1)CCC(C)CCCC(C)C1CCC(CCCC(C)CC(=O)O)C1. The van der Waals surface area contributed by atoms with Crippen LogP contribution in [0.1, 0.15) is 358 Å². The molecule has 5 rings (SSSR count). The van der Waals surface area contributed by atoms with Crippen molar-refractivity contribution in [3.05, 3.63) is 0 Å². The quantitative estimate of drug-likeness (QED) is 0.0470. The maximum atomic E-state index is 11.5. The summed E-state index contributed by atoms with van der Waals surface area (Å²) in [5, 5.41) is 37.2. The lowest BCUT2D eigenvalue weighted by molar-refractivity contribution is -0.139. The fraction of sp³-hybridized carbons (Fsp3) is 0.950. The number of hydrogen-bond donors (Lipinski definition) is 4. The van der Waals surface area contributed by atoms with E-state index in [1.54, 1.807) is 0 Å². The van der Waals surface area contributed by atoms with Gasteiger partial charge in [0.05, 0.1) is 0 Å². The number of rotatable bonds is 50. The largest absolute Gasteiger partial charge is 0.481 e. The molecule has 0 aromatic heterocycles. The van der Waals surface area contributed by atoms with Crippen LogP contribution >= 0.6 is 0 Å². The first-order valence-corrected chi connectivity index (χ1v) is 39.0. The molecule has 0 radical (unpaired) electrons. The van der Waals surface area contributed by atoms with Gasteiger partial charge >= 0.3 is 23.9 Å². The van der Waals surface area contributed by atoms with Gasteiger partial charge in [-0.1, -0.05) is 255 Å². The molecule has 5 aliphatic carbocycles. The van der Waals surface area contributed by atoms with Crippen molar-refractivity contribution < 1.29 is 39.6 Å². The van der Waals surface area contributed by atoms with E-state index in [4.69, 9.17) is 0 Å². The average molecular weight is 1230 g/mol. The van der Waals surface area contributed by atoms with Crippen LogP contribution in [0, 0.1) is 124 Å². The van der Waals surface area contributed by atoms with Gasteiger partial charge in [0.2, 0.25) is 0 Å². The van der Waals surface area contributed by atoms with Crippen LogP contribution in [0.2, 0.25) is 0 Å². The Balaban J connectivity index is 1.13. The summed E-state index contributed by atoms with van der Waals surface area (Å²) in [4.78, 5) is 45.1. The van der Waals surface area contributed by atoms with Gasteiger partial charge in [-0.3, -0.25) is 19.2 Å². The highest BCUT2D eigenvalue weighted by atomic mass is 16.4. The van der Waals surface area contributed by atoms with Gasteiger partial charge in [0, 0.05) is 25.7 Å². The van der Waals surface area contributed by atoms with Crippen molar-refractivity contribution >= 4 is 23.9 Å². The van der Waals surface area contributed by atoms with Crippen LogP contribution in [0.4, 0.5) is 0 Å². The highest BCUT2D eigenvalue weighted by Crippen LogP contribution is 2.49. The Morgan fingerprint density at radius 3 is 0.943 bits per heavy atom. The van der Waals surface area contributed by atoms with Gasteiger partial charge < -0.3 is 20.4 Å². The van der Waals surface area contributed by atoms with Crippen LogP contribution in [-0.4, -0.2) is 44.3 Å². The maximum Gasteiger partial charge on any atom is 0.303 e. The summed E-state index contributed by atoms with van der Waals surface area (Å²) in [6.45, 7) is 21.7. The number of carbonyl (C=O) groups is 4. The van der Waals surface area contributed by atoms with Crippen molar-refractivity contribution in [1.82, 2.24) is 0 Å². The zero-order chi connectivity index (χ0) is 64.0. The molecule has 0 aliphatic heterocycles. The second-order valence-corrected chi connectivity index (χ2v) is 33.9. The van der Waals surface area contributed by atoms with E-state index in [1.165, 1.54) is 238 Å². The number of hydrogen-bond acceptors (Lipinski definition) is 4. The van der Waals surface area contributed by atoms with E-state index >= 15 is 0 Å². The number of aliphatic carboxylic acids is 4. The molecule has 0 saturated heterocycles. The molecule has 4 N–H and O–H groups in total. The lowest BCUT2D eigenvalue weighted by Crippen LogP contribution is -2.14. The maximum absolute atomic E-state index is 11.5. The van der Waals surface area contributed by atoms with Crippen molar-refractivity contribution in [2.75, 3.05) is 0 Å². The minimum Gasteiger partial charge on any atom is -0.481 e. The molecule has 0 bridgehead atoms. The fourth-order valence-corrected chi connectivity index (χ4v) is 19.8. The van der Waals surface area contributed by atoms with Gasteiger partial charge in [0.1, 0.15) is 0 Å². The first kappa shape index (κ1) is 76.6. The van der Waals surface area contributed by atoms with E-state index < -0.39 is 23.9 Å². The van der Waals surface area contributed by atoms with Gasteiger partial charge in [-0.15, -0.1) is 0 Å². The van der Waals surface area contributed by atoms with Gasteiger partial charge in [-0.2, -0.15) is 0 Å². The Morgan fingerprint density at radius 1 is 0.284 bits per heavy atom. The van der Waals surface area contributed by atoms with Crippen LogP contribution in [0.5, 0.6) is 0 Å². The molecular weight excluding hydrogens is 1090 g/mol. The summed E-state index contributed by atoms with van der Waals surface area (Å²) in [5.74, 6) is 12.7. The van der Waals surface area contributed by atoms with E-state index in [0.717, 1.165) is 133 Å². The Kier molecular flexibility index (Phi) is 36.8. The van der Waals surface area contributed by atoms with Crippen molar-refractivity contribution in [2.45, 2.75) is 358 Å². The average Bonchev–Trinajstić information content (AvgIpc) is 4.16. The fourth-order valence-electron chi connectivity index (χ4n) is 19.8. The third-order valence-corrected chi connectivity index (χ3v) is 26.1. The van der Waals surface area contributed by atoms with Gasteiger partial charge in [0.25, 0.3) is 0 Å². The summed E-state index contributed by atoms with van der Waals surface area (Å²) in [6.07, 6.45) is 56.9. The van der Waals surface area contributed by atoms with Crippen molar-refractivity contribution in [2.24, 2.45) is 124 Å². The Morgan fingerprint density at radius 2 is 0.580 bits per heavy atom. The molecule has 8 nitrogen and oxygen atoms in total. The summed E-state index contributed by atoms with van der Waals surface area (Å²) in [6, 6.07) is 0. The topological polar surface area (TPSA) is 149 Å². The number of carboxylic acids is 4. The van der Waals surface area contributed by atoms with E-state index in [1.807, 2.05) is 0 Å². The standard InChI is InChI=1S/C80H144O8/c1-56(17-10-22-61(6)71-41-37-67(50-71)28-12-19-58(3)47-77(81)82)31-33-65(26-15-24-63(8)73-43-39-69(52-73)30-14-21-60(5)49-79(85)86)35-36-66(27-16-25-64(9)74-45-46-76(55-74)75-44-40-70(53-75)54-80(87)88)34-32-57(2)18-11-23-62(7)72-42-38-68(51-72)29-13-20-59(4)48-78(83)84/h56-76H,10-55H2,1-9H3,(H,81,82)(H,83,84)(H,85,86)(H,87,88). The van der Waals surface area contributed by atoms with Gasteiger partial charge in [-0.05, 0) is 201 Å². The summed E-state index contributed by atoms with van der Waals surface area (Å²) < 4.78 is 0. The molecule has 21 atom stereocenters. The monoisotopic (exact) mass is 1230 g/mol. The molecule has 8 heteroatoms. The van der Waals surface area contributed by atoms with Gasteiger partial charge in [-0.25, -0.2) is 0 Å². The van der Waals surface area contributed by atoms with E-state index in [9.17, 15) is 39.6 Å². The highest BCUT2D eigenvalue weighted by molar-refractivity contribution is 5.68. The molecule has 0 aromatic carbocycles. The first-order valence-electron chi connectivity index (χ1n) is 39.0. The minimum absolute atomic E-state index is 0.282. The zero-order valence-electron chi connectivity index (χ0n) is 59.1. The molecule has 5 aliphatic rings. The van der Waals surface area contributed by atoms with E-state index in [0.29, 0.717) is 31.6 Å². The molecule has 5 saturated carbocycles. The number of carboxylic acid groups (broad SMARTS) is 4. The molecule has 88 heavy (non-hydrogen) atoms. The lowest BCUT2D eigenvalue weighted by Gasteiger charge is -2.26. The normalized spacial score (nSPS) is 28.6. The predicted octanol–water partition coefficient (Wildman–Crippen LogP) is 23.5. The summed E-state index contributed by atoms with van der Waals surface area (Å²) >= 11 is 0. The summed E-state index contributed by atoms with van der Waals surface area (Å²) in [7, 11) is 0. The zero-order valence-corrected chi connectivity index (χ0v) is 59.1. The summed E-state index contributed by atoms with van der Waals surface area (Å²) in [5.41, 5.74) is 0. The second kappa shape index (κ2) is 42.3. The predicted molar refractivity (Wildman–Crippen MR) is 367 cm³/mol. The van der Waals surface area contributed by atoms with Crippen LogP contribution in [0.25, 0.3) is 0 Å². The van der Waals surface area contributed by atoms with Crippen LogP contribution < -0.4 is 0 Å². The minimum atomic E-state index is -0.657. The van der Waals surface area contributed by atoms with Crippen molar-refractivity contribution in [1.29, 1.82) is 0 Å². The Labute approximate surface area is 542 Å². The Bertz CT molecular complexity index is 1900. The van der Waals surface area contributed by atoms with Crippen LogP contribution in [0.3, 0.4) is 0 Å². The van der Waals surface area contributed by atoms with Crippen LogP contribution in [0.15, 0.2) is 0 Å². The van der Waals surface area contributed by atoms with Crippen molar-refractivity contribution in [3.63, 3.8) is 0 Å². The van der Waals surface area contributed by atoms with E-state index in [2.05, 4.69) is 62.3 Å². The Hall–Kier alpha value is -2.12. The van der Waals surface area contributed by atoms with Crippen molar-refractivity contribution in [3.8, 4) is 0 Å². The highest BCUT2D eigenvalue weighted by Gasteiger charge is 2.38. The second-order valence-electron chi connectivity index (χ2n) is 33.9. The smallest absolute Gasteiger partial charge is 0.303 e.